The van der Waals surface area contributed by atoms with Gasteiger partial charge in [-0.3, -0.25) is 14.4 Å². The summed E-state index contributed by atoms with van der Waals surface area (Å²) < 4.78 is 10.3. The Morgan fingerprint density at radius 2 is 1.96 bits per heavy atom. The van der Waals surface area contributed by atoms with Crippen LogP contribution in [0.1, 0.15) is 26.7 Å². The van der Waals surface area contributed by atoms with Gasteiger partial charge >= 0.3 is 5.97 Å². The number of rotatable bonds is 9. The van der Waals surface area contributed by atoms with Crippen molar-refractivity contribution in [1.82, 2.24) is 0 Å². The molecule has 7 nitrogen and oxygen atoms in total. The third-order valence-corrected chi connectivity index (χ3v) is 5.06. The van der Waals surface area contributed by atoms with Gasteiger partial charge in [-0.05, 0) is 37.6 Å². The van der Waals surface area contributed by atoms with Crippen molar-refractivity contribution >= 4 is 47.6 Å². The lowest BCUT2D eigenvalue weighted by atomic mass is 10.3. The molecule has 27 heavy (non-hydrogen) atoms. The van der Waals surface area contributed by atoms with E-state index >= 15 is 0 Å². The molecule has 0 bridgehead atoms. The summed E-state index contributed by atoms with van der Waals surface area (Å²) in [7, 11) is 0. The Hall–Kier alpha value is -1.77. The molecule has 2 N–H and O–H groups in total. The third-order valence-electron chi connectivity index (χ3n) is 3.74. The summed E-state index contributed by atoms with van der Waals surface area (Å²) in [5.41, 5.74) is 6.26. The Balaban J connectivity index is 0.00000364. The number of amides is 2. The van der Waals surface area contributed by atoms with E-state index in [1.165, 1.54) is 16.7 Å². The van der Waals surface area contributed by atoms with Gasteiger partial charge in [0.25, 0.3) is 0 Å². The highest BCUT2D eigenvalue weighted by molar-refractivity contribution is 8.00. The second-order valence-corrected chi connectivity index (χ2v) is 7.03. The molecule has 1 saturated heterocycles. The number of hydrogen-bond acceptors (Lipinski definition) is 7. The quantitative estimate of drug-likeness (QED) is 0.486. The molecule has 2 rings (SSSR count). The maximum atomic E-state index is 12.6. The molecule has 150 valence electrons. The van der Waals surface area contributed by atoms with Gasteiger partial charge in [0.15, 0.2) is 0 Å². The topological polar surface area (TPSA) is 98.9 Å². The highest BCUT2D eigenvalue weighted by Gasteiger charge is 2.40. The number of imide groups is 1. The zero-order valence-electron chi connectivity index (χ0n) is 15.4. The Morgan fingerprint density at radius 3 is 2.56 bits per heavy atom. The van der Waals surface area contributed by atoms with Crippen molar-refractivity contribution in [2.24, 2.45) is 5.73 Å². The van der Waals surface area contributed by atoms with Gasteiger partial charge in [0, 0.05) is 12.2 Å². The molecule has 0 spiro atoms. The van der Waals surface area contributed by atoms with Crippen LogP contribution in [0, 0.1) is 0 Å². The zero-order chi connectivity index (χ0) is 19.1. The smallest absolute Gasteiger partial charge is 0.323 e. The number of esters is 1. The van der Waals surface area contributed by atoms with Gasteiger partial charge in [-0.1, -0.05) is 6.92 Å². The fraction of sp³-hybridized carbons (Fsp3) is 0.500. The molecule has 2 amide bonds. The third kappa shape index (κ3) is 6.12. The van der Waals surface area contributed by atoms with E-state index in [1.54, 1.807) is 31.2 Å². The summed E-state index contributed by atoms with van der Waals surface area (Å²) >= 11 is 1.21. The average Bonchev–Trinajstić information content (AvgIpc) is 2.92. The van der Waals surface area contributed by atoms with Crippen molar-refractivity contribution in [2.45, 2.75) is 38.0 Å². The predicted molar refractivity (Wildman–Crippen MR) is 107 cm³/mol. The Kier molecular flexibility index (Phi) is 9.62. The molecule has 0 aromatic heterocycles. The molecule has 1 aromatic carbocycles. The van der Waals surface area contributed by atoms with Crippen LogP contribution in [-0.2, 0) is 19.1 Å². The van der Waals surface area contributed by atoms with Crippen molar-refractivity contribution in [1.29, 1.82) is 0 Å². The van der Waals surface area contributed by atoms with Gasteiger partial charge in [-0.15, -0.1) is 24.2 Å². The minimum Gasteiger partial charge on any atom is -0.494 e. The highest BCUT2D eigenvalue weighted by atomic mass is 35.5. The van der Waals surface area contributed by atoms with Crippen LogP contribution < -0.4 is 15.4 Å². The van der Waals surface area contributed by atoms with E-state index in [0.717, 1.165) is 6.42 Å². The lowest BCUT2D eigenvalue weighted by Crippen LogP contribution is -2.36. The fourth-order valence-electron chi connectivity index (χ4n) is 2.45. The fourth-order valence-corrected chi connectivity index (χ4v) is 3.54. The molecule has 1 fully saturated rings. The highest BCUT2D eigenvalue weighted by Crippen LogP contribution is 2.30. The average molecular weight is 417 g/mol. The normalized spacial score (nSPS) is 17.4. The van der Waals surface area contributed by atoms with Gasteiger partial charge in [0.05, 0.1) is 24.2 Å². The number of halogens is 1. The largest absolute Gasteiger partial charge is 0.494 e. The monoisotopic (exact) mass is 416 g/mol. The number of nitrogens with two attached hydrogens (primary N) is 1. The number of carbonyl (C=O) groups is 3. The number of carbonyl (C=O) groups excluding carboxylic acids is 3. The summed E-state index contributed by atoms with van der Waals surface area (Å²) in [6.45, 7) is 4.58. The minimum absolute atomic E-state index is 0. The number of ether oxygens (including phenoxy) is 2. The second kappa shape index (κ2) is 11.2. The second-order valence-electron chi connectivity index (χ2n) is 5.79. The van der Waals surface area contributed by atoms with Gasteiger partial charge in [0.1, 0.15) is 11.8 Å². The van der Waals surface area contributed by atoms with E-state index in [0.29, 0.717) is 18.0 Å². The van der Waals surface area contributed by atoms with Crippen molar-refractivity contribution in [2.75, 3.05) is 23.9 Å². The van der Waals surface area contributed by atoms with Crippen molar-refractivity contribution in [3.8, 4) is 5.75 Å². The van der Waals surface area contributed by atoms with Crippen molar-refractivity contribution in [3.05, 3.63) is 24.3 Å². The molecule has 1 heterocycles. The van der Waals surface area contributed by atoms with Crippen LogP contribution >= 0.6 is 24.2 Å². The molecule has 9 heteroatoms. The molecule has 1 aliphatic rings. The van der Waals surface area contributed by atoms with Gasteiger partial charge < -0.3 is 15.2 Å². The molecule has 2 atom stereocenters. The number of nitrogens with zero attached hydrogens (tertiary/aromatic N) is 1. The first kappa shape index (κ1) is 23.3. The molecule has 0 aliphatic carbocycles. The molecule has 1 aromatic rings. The molecule has 0 radical (unpaired) electrons. The van der Waals surface area contributed by atoms with Crippen LogP contribution in [0.2, 0.25) is 0 Å². The van der Waals surface area contributed by atoms with Gasteiger partial charge in [0.2, 0.25) is 11.8 Å². The molecule has 2 unspecified atom stereocenters. The van der Waals surface area contributed by atoms with Crippen LogP contribution in [0.15, 0.2) is 24.3 Å². The van der Waals surface area contributed by atoms with E-state index in [-0.39, 0.29) is 43.0 Å². The number of hydrogen-bond donors (Lipinski definition) is 1. The Labute approximate surface area is 169 Å². The summed E-state index contributed by atoms with van der Waals surface area (Å²) in [4.78, 5) is 37.6. The van der Waals surface area contributed by atoms with E-state index in [2.05, 4.69) is 0 Å². The standard InChI is InChI=1S/C18H24N2O5S.ClH/c1-3-9-25-13-7-5-12(6-8-13)20-16(21)10-15(17(20)22)26-11-14(19)18(23)24-4-2;/h5-8,14-15H,3-4,9-11,19H2,1-2H3;1H. The van der Waals surface area contributed by atoms with Gasteiger partial charge in [-0.25, -0.2) is 4.90 Å². The molecule has 0 saturated carbocycles. The van der Waals surface area contributed by atoms with Crippen LogP contribution in [0.4, 0.5) is 5.69 Å². The minimum atomic E-state index is -0.813. The molecular formula is C18H25ClN2O5S. The van der Waals surface area contributed by atoms with Crippen LogP contribution in [-0.4, -0.2) is 48.0 Å². The lowest BCUT2D eigenvalue weighted by molar-refractivity contribution is -0.144. The molecular weight excluding hydrogens is 392 g/mol. The SMILES string of the molecule is CCCOc1ccc(N2C(=O)CC(SCC(N)C(=O)OCC)C2=O)cc1.Cl. The summed E-state index contributed by atoms with van der Waals surface area (Å²) in [5.74, 6) is -0.143. The number of anilines is 1. The van der Waals surface area contributed by atoms with E-state index in [9.17, 15) is 14.4 Å². The lowest BCUT2D eigenvalue weighted by Gasteiger charge is -2.16. The Morgan fingerprint density at radius 1 is 1.30 bits per heavy atom. The summed E-state index contributed by atoms with van der Waals surface area (Å²) in [6, 6.07) is 6.05. The van der Waals surface area contributed by atoms with Crippen molar-refractivity contribution < 1.29 is 23.9 Å². The first-order valence-electron chi connectivity index (χ1n) is 8.61. The maximum Gasteiger partial charge on any atom is 0.323 e. The summed E-state index contributed by atoms with van der Waals surface area (Å²) in [5, 5.41) is -0.543. The zero-order valence-corrected chi connectivity index (χ0v) is 17.0. The van der Waals surface area contributed by atoms with E-state index in [1.807, 2.05) is 6.92 Å². The van der Waals surface area contributed by atoms with Crippen LogP contribution in [0.25, 0.3) is 0 Å². The Bertz CT molecular complexity index is 656. The first-order valence-corrected chi connectivity index (χ1v) is 9.66. The predicted octanol–water partition coefficient (Wildman–Crippen LogP) is 2.15. The summed E-state index contributed by atoms with van der Waals surface area (Å²) in [6.07, 6.45) is 0.991. The molecule has 1 aliphatic heterocycles. The van der Waals surface area contributed by atoms with Crippen molar-refractivity contribution in [3.63, 3.8) is 0 Å². The maximum absolute atomic E-state index is 12.6. The number of benzene rings is 1. The van der Waals surface area contributed by atoms with Crippen LogP contribution in [0.3, 0.4) is 0 Å². The van der Waals surface area contributed by atoms with E-state index in [4.69, 9.17) is 15.2 Å². The first-order chi connectivity index (χ1) is 12.5. The van der Waals surface area contributed by atoms with Gasteiger partial charge in [-0.2, -0.15) is 0 Å². The van der Waals surface area contributed by atoms with Crippen LogP contribution in [0.5, 0.6) is 5.75 Å². The van der Waals surface area contributed by atoms with E-state index < -0.39 is 17.3 Å². The number of thioether (sulfide) groups is 1.